The zero-order valence-electron chi connectivity index (χ0n) is 20.3. The Bertz CT molecular complexity index is 1170. The summed E-state index contributed by atoms with van der Waals surface area (Å²) < 4.78 is 5.52. The molecule has 0 aromatic heterocycles. The SMILES string of the molecule is O=C(Nc1ccc(C#Cc2ccc(NC(=O)[C@@H]3CCCN3C(=O)[C@H]3CCCO3)cc2)cc1)C1CCC1. The Morgan fingerprint density at radius 1 is 0.750 bits per heavy atom. The normalized spacial score (nSPS) is 21.3. The van der Waals surface area contributed by atoms with Crippen LogP contribution in [0.2, 0.25) is 0 Å². The molecule has 2 aliphatic heterocycles. The first-order valence-electron chi connectivity index (χ1n) is 12.8. The van der Waals surface area contributed by atoms with E-state index in [0.717, 1.165) is 55.3 Å². The summed E-state index contributed by atoms with van der Waals surface area (Å²) in [6.45, 7) is 1.21. The Labute approximate surface area is 211 Å². The lowest BCUT2D eigenvalue weighted by molar-refractivity contribution is -0.144. The van der Waals surface area contributed by atoms with E-state index in [2.05, 4.69) is 22.5 Å². The number of benzene rings is 2. The van der Waals surface area contributed by atoms with Crippen LogP contribution in [0.25, 0.3) is 0 Å². The highest BCUT2D eigenvalue weighted by Gasteiger charge is 2.38. The molecule has 1 aliphatic carbocycles. The molecular formula is C29H31N3O4. The van der Waals surface area contributed by atoms with Crippen molar-refractivity contribution in [1.82, 2.24) is 4.90 Å². The maximum atomic E-state index is 12.9. The van der Waals surface area contributed by atoms with E-state index < -0.39 is 12.1 Å². The van der Waals surface area contributed by atoms with Crippen molar-refractivity contribution < 1.29 is 19.1 Å². The summed E-state index contributed by atoms with van der Waals surface area (Å²) in [6, 6.07) is 14.4. The molecule has 0 bridgehead atoms. The van der Waals surface area contributed by atoms with Gasteiger partial charge in [-0.3, -0.25) is 14.4 Å². The predicted molar refractivity (Wildman–Crippen MR) is 137 cm³/mol. The van der Waals surface area contributed by atoms with Crippen molar-refractivity contribution in [2.45, 2.75) is 57.1 Å². The number of hydrogen-bond donors (Lipinski definition) is 2. The lowest BCUT2D eigenvalue weighted by atomic mass is 9.85. The van der Waals surface area contributed by atoms with Crippen molar-refractivity contribution in [3.8, 4) is 11.8 Å². The van der Waals surface area contributed by atoms with Gasteiger partial charge in [-0.1, -0.05) is 18.3 Å². The molecular weight excluding hydrogens is 454 g/mol. The van der Waals surface area contributed by atoms with Crippen molar-refractivity contribution in [3.05, 3.63) is 59.7 Å². The number of carbonyl (C=O) groups is 3. The van der Waals surface area contributed by atoms with E-state index in [1.807, 2.05) is 48.5 Å². The van der Waals surface area contributed by atoms with Crippen LogP contribution < -0.4 is 10.6 Å². The first-order valence-corrected chi connectivity index (χ1v) is 12.8. The fourth-order valence-corrected chi connectivity index (χ4v) is 4.82. The molecule has 1 saturated carbocycles. The zero-order valence-corrected chi connectivity index (χ0v) is 20.3. The molecule has 2 heterocycles. The van der Waals surface area contributed by atoms with Crippen LogP contribution >= 0.6 is 0 Å². The van der Waals surface area contributed by atoms with Crippen LogP contribution in [0.3, 0.4) is 0 Å². The van der Waals surface area contributed by atoms with Gasteiger partial charge in [-0.25, -0.2) is 0 Å². The second-order valence-corrected chi connectivity index (χ2v) is 9.70. The molecule has 2 N–H and O–H groups in total. The topological polar surface area (TPSA) is 87.7 Å². The van der Waals surface area contributed by atoms with Gasteiger partial charge in [0, 0.05) is 41.6 Å². The number of carbonyl (C=O) groups excluding carboxylic acids is 3. The summed E-state index contributed by atoms with van der Waals surface area (Å²) in [4.78, 5) is 39.4. The summed E-state index contributed by atoms with van der Waals surface area (Å²) in [5, 5.41) is 5.90. The molecule has 2 atom stereocenters. The molecule has 2 aromatic rings. The Kier molecular flexibility index (Phi) is 7.33. The third kappa shape index (κ3) is 5.60. The summed E-state index contributed by atoms with van der Waals surface area (Å²) >= 11 is 0. The molecule has 2 aromatic carbocycles. The van der Waals surface area contributed by atoms with Crippen LogP contribution in [-0.4, -0.2) is 47.9 Å². The van der Waals surface area contributed by atoms with E-state index in [9.17, 15) is 14.4 Å². The molecule has 186 valence electrons. The van der Waals surface area contributed by atoms with Crippen molar-refractivity contribution in [3.63, 3.8) is 0 Å². The Morgan fingerprint density at radius 3 is 1.89 bits per heavy atom. The number of rotatable bonds is 5. The van der Waals surface area contributed by atoms with Gasteiger partial charge in [0.1, 0.15) is 12.1 Å². The standard InChI is InChI=1S/C29H31N3O4/c33-27(22-4-1-5-22)30-23-14-10-20(11-15-23)8-9-21-12-16-24(17-13-21)31-28(34)25-6-2-18-32(25)29(35)26-7-3-19-36-26/h10-17,22,25-26H,1-7,18-19H2,(H,30,33)(H,31,34)/t25-,26+/m0/s1. The molecule has 0 radical (unpaired) electrons. The van der Waals surface area contributed by atoms with Crippen LogP contribution in [0, 0.1) is 17.8 Å². The van der Waals surface area contributed by atoms with Gasteiger partial charge >= 0.3 is 0 Å². The monoisotopic (exact) mass is 485 g/mol. The molecule has 7 nitrogen and oxygen atoms in total. The van der Waals surface area contributed by atoms with Crippen LogP contribution in [-0.2, 0) is 19.1 Å². The number of amides is 3. The lowest BCUT2D eigenvalue weighted by Crippen LogP contribution is -2.47. The number of hydrogen-bond acceptors (Lipinski definition) is 4. The van der Waals surface area contributed by atoms with Crippen molar-refractivity contribution in [2.24, 2.45) is 5.92 Å². The molecule has 3 amide bonds. The zero-order chi connectivity index (χ0) is 24.9. The summed E-state index contributed by atoms with van der Waals surface area (Å²) in [5.41, 5.74) is 3.14. The van der Waals surface area contributed by atoms with E-state index >= 15 is 0 Å². The Hall–Kier alpha value is -3.63. The van der Waals surface area contributed by atoms with E-state index in [-0.39, 0.29) is 23.6 Å². The third-order valence-electron chi connectivity index (χ3n) is 7.18. The van der Waals surface area contributed by atoms with Gasteiger partial charge in [-0.2, -0.15) is 0 Å². The first kappa shape index (κ1) is 24.1. The molecule has 3 aliphatic rings. The van der Waals surface area contributed by atoms with Crippen LogP contribution in [0.1, 0.15) is 56.1 Å². The highest BCUT2D eigenvalue weighted by atomic mass is 16.5. The minimum Gasteiger partial charge on any atom is -0.368 e. The van der Waals surface area contributed by atoms with Crippen molar-refractivity contribution >= 4 is 29.1 Å². The van der Waals surface area contributed by atoms with Gasteiger partial charge in [-0.05, 0) is 87.1 Å². The number of anilines is 2. The van der Waals surface area contributed by atoms with Gasteiger partial charge < -0.3 is 20.3 Å². The summed E-state index contributed by atoms with van der Waals surface area (Å²) in [5.74, 6) is 6.29. The minimum atomic E-state index is -0.456. The smallest absolute Gasteiger partial charge is 0.252 e. The molecule has 0 spiro atoms. The van der Waals surface area contributed by atoms with Gasteiger partial charge in [-0.15, -0.1) is 0 Å². The maximum Gasteiger partial charge on any atom is 0.252 e. The number of ether oxygens (including phenoxy) is 1. The van der Waals surface area contributed by atoms with Crippen molar-refractivity contribution in [1.29, 1.82) is 0 Å². The van der Waals surface area contributed by atoms with Gasteiger partial charge in [0.15, 0.2) is 0 Å². The second kappa shape index (κ2) is 11.0. The summed E-state index contributed by atoms with van der Waals surface area (Å²) in [6.07, 6.45) is 5.79. The van der Waals surface area contributed by atoms with E-state index in [1.165, 1.54) is 0 Å². The van der Waals surface area contributed by atoms with Crippen LogP contribution in [0.4, 0.5) is 11.4 Å². The maximum absolute atomic E-state index is 12.9. The fourth-order valence-electron chi connectivity index (χ4n) is 4.82. The Morgan fingerprint density at radius 2 is 1.36 bits per heavy atom. The average Bonchev–Trinajstić information content (AvgIpc) is 3.56. The Balaban J connectivity index is 1.15. The van der Waals surface area contributed by atoms with E-state index in [0.29, 0.717) is 25.3 Å². The molecule has 36 heavy (non-hydrogen) atoms. The molecule has 3 fully saturated rings. The highest BCUT2D eigenvalue weighted by Crippen LogP contribution is 2.27. The number of nitrogens with zero attached hydrogens (tertiary/aromatic N) is 1. The van der Waals surface area contributed by atoms with Crippen LogP contribution in [0.15, 0.2) is 48.5 Å². The lowest BCUT2D eigenvalue weighted by Gasteiger charge is -2.26. The fraction of sp³-hybridized carbons (Fsp3) is 0.414. The molecule has 7 heteroatoms. The van der Waals surface area contributed by atoms with Gasteiger partial charge in [0.2, 0.25) is 11.8 Å². The first-order chi connectivity index (χ1) is 17.6. The second-order valence-electron chi connectivity index (χ2n) is 9.70. The number of nitrogens with one attached hydrogen (secondary N) is 2. The average molecular weight is 486 g/mol. The number of likely N-dealkylation sites (tertiary alicyclic amines) is 1. The van der Waals surface area contributed by atoms with Gasteiger partial charge in [0.05, 0.1) is 0 Å². The highest BCUT2D eigenvalue weighted by molar-refractivity contribution is 5.98. The minimum absolute atomic E-state index is 0.0652. The largest absolute Gasteiger partial charge is 0.368 e. The molecule has 5 rings (SSSR count). The molecule has 0 unspecified atom stereocenters. The third-order valence-corrected chi connectivity index (χ3v) is 7.18. The van der Waals surface area contributed by atoms with E-state index in [1.54, 1.807) is 4.90 Å². The summed E-state index contributed by atoms with van der Waals surface area (Å²) in [7, 11) is 0. The van der Waals surface area contributed by atoms with E-state index in [4.69, 9.17) is 4.74 Å². The predicted octanol–water partition coefficient (Wildman–Crippen LogP) is 3.93. The van der Waals surface area contributed by atoms with Crippen molar-refractivity contribution in [2.75, 3.05) is 23.8 Å². The molecule has 2 saturated heterocycles. The van der Waals surface area contributed by atoms with Gasteiger partial charge in [0.25, 0.3) is 5.91 Å². The van der Waals surface area contributed by atoms with Crippen LogP contribution in [0.5, 0.6) is 0 Å². The quantitative estimate of drug-likeness (QED) is 0.628.